The van der Waals surface area contributed by atoms with Gasteiger partial charge in [0.25, 0.3) is 0 Å². The number of aryl methyl sites for hydroxylation is 1. The van der Waals surface area contributed by atoms with Crippen LogP contribution in [-0.2, 0) is 19.1 Å². The summed E-state index contributed by atoms with van der Waals surface area (Å²) in [7, 11) is 1.70. The van der Waals surface area contributed by atoms with Crippen molar-refractivity contribution in [3.05, 3.63) is 29.3 Å². The average molecular weight is 376 g/mol. The second-order valence-electron chi connectivity index (χ2n) is 6.74. The molecule has 1 heterocycles. The van der Waals surface area contributed by atoms with Crippen LogP contribution < -0.4 is 10.6 Å². The van der Waals surface area contributed by atoms with Crippen LogP contribution in [0.15, 0.2) is 18.2 Å². The Balaban J connectivity index is 1.70. The summed E-state index contributed by atoms with van der Waals surface area (Å²) < 4.78 is 5.22. The Kier molecular flexibility index (Phi) is 7.75. The molecule has 1 aliphatic rings. The van der Waals surface area contributed by atoms with Crippen molar-refractivity contribution in [3.8, 4) is 0 Å². The lowest BCUT2D eigenvalue weighted by Crippen LogP contribution is -2.47. The van der Waals surface area contributed by atoms with Gasteiger partial charge in [-0.05, 0) is 38.1 Å². The molecule has 1 aromatic carbocycles. The normalized spacial score (nSPS) is 14.1. The number of amides is 3. The van der Waals surface area contributed by atoms with E-state index in [1.54, 1.807) is 16.8 Å². The molecule has 0 saturated carbocycles. The van der Waals surface area contributed by atoms with Gasteiger partial charge >= 0.3 is 0 Å². The Bertz CT molecular complexity index is 686. The number of benzene rings is 1. The van der Waals surface area contributed by atoms with E-state index in [-0.39, 0.29) is 37.4 Å². The summed E-state index contributed by atoms with van der Waals surface area (Å²) in [6, 6.07) is 5.67. The summed E-state index contributed by atoms with van der Waals surface area (Å²) in [6.07, 6.45) is 0. The molecular formula is C19H28N4O4. The Labute approximate surface area is 159 Å². The molecule has 27 heavy (non-hydrogen) atoms. The first-order valence-corrected chi connectivity index (χ1v) is 9.03. The first-order chi connectivity index (χ1) is 12.9. The molecule has 0 aliphatic carbocycles. The highest BCUT2D eigenvalue weighted by Gasteiger charge is 2.19. The molecule has 148 valence electrons. The van der Waals surface area contributed by atoms with Crippen LogP contribution in [0.3, 0.4) is 0 Å². The number of likely N-dealkylation sites (N-methyl/N-ethyl adjacent to an activating group) is 1. The Morgan fingerprint density at radius 3 is 2.52 bits per heavy atom. The standard InChI is InChI=1S/C19H28N4O4/c1-14-5-4-6-16(15(14)2)21-17(24)11-20-18(25)12-22(3)13-19(26)23-7-9-27-10-8-23/h4-6H,7-13H2,1-3H3,(H,20,25)(H,21,24). The van der Waals surface area contributed by atoms with Crippen LogP contribution in [0.5, 0.6) is 0 Å². The van der Waals surface area contributed by atoms with Crippen molar-refractivity contribution < 1.29 is 19.1 Å². The van der Waals surface area contributed by atoms with E-state index >= 15 is 0 Å². The van der Waals surface area contributed by atoms with Crippen molar-refractivity contribution in [2.45, 2.75) is 13.8 Å². The van der Waals surface area contributed by atoms with Gasteiger partial charge in [-0.15, -0.1) is 0 Å². The molecule has 8 nitrogen and oxygen atoms in total. The van der Waals surface area contributed by atoms with E-state index in [1.807, 2.05) is 32.0 Å². The molecule has 0 unspecified atom stereocenters. The zero-order chi connectivity index (χ0) is 19.8. The molecule has 0 spiro atoms. The topological polar surface area (TPSA) is 91.0 Å². The van der Waals surface area contributed by atoms with Gasteiger partial charge in [0, 0.05) is 18.8 Å². The summed E-state index contributed by atoms with van der Waals surface area (Å²) in [6.45, 7) is 6.25. The maximum absolute atomic E-state index is 12.2. The minimum Gasteiger partial charge on any atom is -0.378 e. The van der Waals surface area contributed by atoms with Crippen LogP contribution in [0.1, 0.15) is 11.1 Å². The summed E-state index contributed by atoms with van der Waals surface area (Å²) in [4.78, 5) is 39.6. The van der Waals surface area contributed by atoms with Gasteiger partial charge in [0.1, 0.15) is 0 Å². The van der Waals surface area contributed by atoms with Crippen molar-refractivity contribution in [1.82, 2.24) is 15.1 Å². The Hall–Kier alpha value is -2.45. The minimum absolute atomic E-state index is 0.0266. The summed E-state index contributed by atoms with van der Waals surface area (Å²) in [5, 5.41) is 5.38. The molecule has 0 aromatic heterocycles. The van der Waals surface area contributed by atoms with Crippen LogP contribution in [0.4, 0.5) is 5.69 Å². The largest absolute Gasteiger partial charge is 0.378 e. The number of ether oxygens (including phenoxy) is 1. The number of carbonyl (C=O) groups excluding carboxylic acids is 3. The van der Waals surface area contributed by atoms with Crippen molar-refractivity contribution in [1.29, 1.82) is 0 Å². The SMILES string of the molecule is Cc1cccc(NC(=O)CNC(=O)CN(C)CC(=O)N2CCOCC2)c1C. The Morgan fingerprint density at radius 1 is 1.11 bits per heavy atom. The van der Waals surface area contributed by atoms with E-state index in [2.05, 4.69) is 10.6 Å². The second-order valence-corrected chi connectivity index (χ2v) is 6.74. The fourth-order valence-electron chi connectivity index (χ4n) is 2.76. The number of carbonyl (C=O) groups is 3. The molecule has 1 saturated heterocycles. The molecular weight excluding hydrogens is 348 g/mol. The van der Waals surface area contributed by atoms with Crippen LogP contribution in [0.25, 0.3) is 0 Å². The maximum atomic E-state index is 12.2. The number of hydrogen-bond donors (Lipinski definition) is 2. The first-order valence-electron chi connectivity index (χ1n) is 9.03. The maximum Gasteiger partial charge on any atom is 0.243 e. The van der Waals surface area contributed by atoms with Crippen LogP contribution in [0.2, 0.25) is 0 Å². The number of morpholine rings is 1. The van der Waals surface area contributed by atoms with E-state index in [1.165, 1.54) is 0 Å². The first kappa shape index (κ1) is 20.9. The lowest BCUT2D eigenvalue weighted by molar-refractivity contribution is -0.136. The average Bonchev–Trinajstić information content (AvgIpc) is 2.64. The van der Waals surface area contributed by atoms with Gasteiger partial charge in [0.2, 0.25) is 17.7 Å². The fourth-order valence-corrected chi connectivity index (χ4v) is 2.76. The second kappa shape index (κ2) is 10.0. The number of anilines is 1. The molecule has 2 N–H and O–H groups in total. The monoisotopic (exact) mass is 376 g/mol. The van der Waals surface area contributed by atoms with E-state index in [9.17, 15) is 14.4 Å². The van der Waals surface area contributed by atoms with Crippen LogP contribution in [-0.4, -0.2) is 80.5 Å². The Morgan fingerprint density at radius 2 is 1.81 bits per heavy atom. The van der Waals surface area contributed by atoms with Crippen molar-refractivity contribution in [3.63, 3.8) is 0 Å². The molecule has 8 heteroatoms. The zero-order valence-corrected chi connectivity index (χ0v) is 16.2. The van der Waals surface area contributed by atoms with Crippen LogP contribution >= 0.6 is 0 Å². The fraction of sp³-hybridized carbons (Fsp3) is 0.526. The summed E-state index contributed by atoms with van der Waals surface area (Å²) in [5.74, 6) is -0.617. The third-order valence-corrected chi connectivity index (χ3v) is 4.51. The number of rotatable bonds is 7. The highest BCUT2D eigenvalue weighted by Crippen LogP contribution is 2.17. The van der Waals surface area contributed by atoms with Gasteiger partial charge in [-0.3, -0.25) is 19.3 Å². The third kappa shape index (κ3) is 6.65. The summed E-state index contributed by atoms with van der Waals surface area (Å²) in [5.41, 5.74) is 2.82. The lowest BCUT2D eigenvalue weighted by atomic mass is 10.1. The quantitative estimate of drug-likeness (QED) is 0.707. The number of nitrogens with one attached hydrogen (secondary N) is 2. The molecule has 0 atom stereocenters. The van der Waals surface area contributed by atoms with Gasteiger partial charge in [-0.1, -0.05) is 12.1 Å². The van der Waals surface area contributed by atoms with E-state index in [4.69, 9.17) is 4.74 Å². The summed E-state index contributed by atoms with van der Waals surface area (Å²) >= 11 is 0. The molecule has 1 aliphatic heterocycles. The molecule has 2 rings (SSSR count). The van der Waals surface area contributed by atoms with Crippen molar-refractivity contribution >= 4 is 23.4 Å². The lowest BCUT2D eigenvalue weighted by Gasteiger charge is -2.28. The predicted molar refractivity (Wildman–Crippen MR) is 102 cm³/mol. The van der Waals surface area contributed by atoms with E-state index in [0.717, 1.165) is 16.8 Å². The molecule has 1 fully saturated rings. The molecule has 0 radical (unpaired) electrons. The van der Waals surface area contributed by atoms with Crippen molar-refractivity contribution in [2.24, 2.45) is 0 Å². The number of nitrogens with zero attached hydrogens (tertiary/aromatic N) is 2. The van der Waals surface area contributed by atoms with Gasteiger partial charge < -0.3 is 20.3 Å². The predicted octanol–water partition coefficient (Wildman–Crippen LogP) is 0.149. The highest BCUT2D eigenvalue weighted by molar-refractivity contribution is 5.95. The molecule has 1 aromatic rings. The molecule has 3 amide bonds. The smallest absolute Gasteiger partial charge is 0.243 e. The van der Waals surface area contributed by atoms with Gasteiger partial charge in [-0.25, -0.2) is 0 Å². The van der Waals surface area contributed by atoms with Gasteiger partial charge in [0.05, 0.1) is 32.8 Å². The zero-order valence-electron chi connectivity index (χ0n) is 16.2. The highest BCUT2D eigenvalue weighted by atomic mass is 16.5. The molecule has 0 bridgehead atoms. The minimum atomic E-state index is -0.302. The van der Waals surface area contributed by atoms with Crippen LogP contribution in [0, 0.1) is 13.8 Å². The third-order valence-electron chi connectivity index (χ3n) is 4.51. The van der Waals surface area contributed by atoms with Crippen molar-refractivity contribution in [2.75, 3.05) is 58.3 Å². The van der Waals surface area contributed by atoms with Gasteiger partial charge in [0.15, 0.2) is 0 Å². The van der Waals surface area contributed by atoms with Gasteiger partial charge in [-0.2, -0.15) is 0 Å². The number of hydrogen-bond acceptors (Lipinski definition) is 5. The van der Waals surface area contributed by atoms with E-state index in [0.29, 0.717) is 26.3 Å². The van der Waals surface area contributed by atoms with E-state index < -0.39 is 0 Å².